The lowest BCUT2D eigenvalue weighted by molar-refractivity contribution is 0.628. The number of hydrogen-bond acceptors (Lipinski definition) is 3. The summed E-state index contributed by atoms with van der Waals surface area (Å²) in [5.74, 6) is -0.269. The minimum absolute atomic E-state index is 0.152. The summed E-state index contributed by atoms with van der Waals surface area (Å²) in [5.41, 5.74) is 12.0. The van der Waals surface area contributed by atoms with Crippen LogP contribution in [-0.4, -0.2) is 16.2 Å². The second kappa shape index (κ2) is 5.98. The highest BCUT2D eigenvalue weighted by molar-refractivity contribution is 6.43. The van der Waals surface area contributed by atoms with Gasteiger partial charge in [-0.15, -0.1) is 10.2 Å². The average Bonchev–Trinajstić information content (AvgIpc) is 2.50. The van der Waals surface area contributed by atoms with Crippen molar-refractivity contribution in [2.24, 2.45) is 16.5 Å². The summed E-state index contributed by atoms with van der Waals surface area (Å²) in [6, 6.07) is 9.14. The van der Waals surface area contributed by atoms with Crippen molar-refractivity contribution in [3.05, 3.63) is 52.3 Å². The third kappa shape index (κ3) is 3.04. The zero-order chi connectivity index (χ0) is 16.6. The molecule has 116 valence electrons. The number of benzene rings is 2. The Balaban J connectivity index is 2.34. The fourth-order valence-electron chi connectivity index (χ4n) is 2.16. The van der Waals surface area contributed by atoms with Gasteiger partial charge in [0.15, 0.2) is 11.8 Å². The Morgan fingerprint density at radius 1 is 0.957 bits per heavy atom. The van der Waals surface area contributed by atoms with E-state index in [1.54, 1.807) is 24.3 Å². The van der Waals surface area contributed by atoms with E-state index in [-0.39, 0.29) is 17.6 Å². The molecule has 0 saturated carbocycles. The molecule has 0 amide bonds. The molecule has 0 aliphatic rings. The van der Waals surface area contributed by atoms with Crippen LogP contribution in [-0.2, 0) is 0 Å². The summed E-state index contributed by atoms with van der Waals surface area (Å²) >= 11 is 12.2. The molecule has 1 heterocycles. The number of nitrogens with two attached hydrogens (primary N) is 2. The molecule has 0 unspecified atom stereocenters. The molecule has 3 aromatic rings. The predicted molar refractivity (Wildman–Crippen MR) is 90.4 cm³/mol. The molecule has 3 rings (SSSR count). The lowest BCUT2D eigenvalue weighted by atomic mass is 10.0. The van der Waals surface area contributed by atoms with Crippen molar-refractivity contribution in [2.45, 2.75) is 0 Å². The first-order chi connectivity index (χ1) is 11.0. The lowest BCUT2D eigenvalue weighted by Gasteiger charge is -2.09. The summed E-state index contributed by atoms with van der Waals surface area (Å²) in [7, 11) is 0. The van der Waals surface area contributed by atoms with Gasteiger partial charge in [0.05, 0.1) is 10.0 Å². The fraction of sp³-hybridized carbons (Fsp3) is 0. The summed E-state index contributed by atoms with van der Waals surface area (Å²) in [5, 5.41) is 10.1. The maximum atomic E-state index is 13.1. The molecule has 0 aliphatic heterocycles. The molecule has 0 spiro atoms. The molecular weight excluding hydrogens is 340 g/mol. The maximum absolute atomic E-state index is 13.1. The summed E-state index contributed by atoms with van der Waals surface area (Å²) < 4.78 is 13.1. The number of nitrogens with zero attached hydrogens (tertiary/aromatic N) is 3. The van der Waals surface area contributed by atoms with Gasteiger partial charge < -0.3 is 11.5 Å². The van der Waals surface area contributed by atoms with Crippen molar-refractivity contribution in [3.8, 4) is 11.3 Å². The number of rotatable bonds is 2. The zero-order valence-corrected chi connectivity index (χ0v) is 13.1. The van der Waals surface area contributed by atoms with E-state index in [0.717, 1.165) is 0 Å². The molecule has 23 heavy (non-hydrogen) atoms. The van der Waals surface area contributed by atoms with Crippen molar-refractivity contribution in [3.63, 3.8) is 0 Å². The smallest absolute Gasteiger partial charge is 0.192 e. The number of hydrogen-bond donors (Lipinski definition) is 2. The van der Waals surface area contributed by atoms with Crippen LogP contribution in [0.5, 0.6) is 0 Å². The summed E-state index contributed by atoms with van der Waals surface area (Å²) in [6.45, 7) is 0. The Morgan fingerprint density at radius 3 is 2.17 bits per heavy atom. The second-order valence-corrected chi connectivity index (χ2v) is 5.54. The van der Waals surface area contributed by atoms with Crippen LogP contribution in [0.1, 0.15) is 0 Å². The number of fused-ring (bicyclic) bond motifs is 1. The zero-order valence-electron chi connectivity index (χ0n) is 11.6. The molecule has 2 aromatic carbocycles. The van der Waals surface area contributed by atoms with E-state index in [2.05, 4.69) is 15.2 Å². The van der Waals surface area contributed by atoms with Gasteiger partial charge in [-0.3, -0.25) is 0 Å². The van der Waals surface area contributed by atoms with Gasteiger partial charge in [-0.2, -0.15) is 4.99 Å². The lowest BCUT2D eigenvalue weighted by Crippen LogP contribution is -2.22. The van der Waals surface area contributed by atoms with Crippen LogP contribution in [0.15, 0.2) is 41.4 Å². The van der Waals surface area contributed by atoms with Gasteiger partial charge >= 0.3 is 0 Å². The normalized spacial score (nSPS) is 10.7. The first-order valence-corrected chi connectivity index (χ1v) is 7.22. The molecule has 0 bridgehead atoms. The van der Waals surface area contributed by atoms with E-state index >= 15 is 0 Å². The van der Waals surface area contributed by atoms with Crippen LogP contribution in [0.2, 0.25) is 10.0 Å². The number of guanidine groups is 1. The van der Waals surface area contributed by atoms with Crippen LogP contribution in [0.3, 0.4) is 0 Å². The highest BCUT2D eigenvalue weighted by Crippen LogP contribution is 2.36. The predicted octanol–water partition coefficient (Wildman–Crippen LogP) is 3.65. The van der Waals surface area contributed by atoms with Gasteiger partial charge in [-0.1, -0.05) is 23.2 Å². The van der Waals surface area contributed by atoms with Crippen molar-refractivity contribution in [1.82, 2.24) is 10.2 Å². The molecule has 1 aromatic heterocycles. The van der Waals surface area contributed by atoms with E-state index in [9.17, 15) is 4.39 Å². The third-order valence-corrected chi connectivity index (χ3v) is 3.88. The van der Waals surface area contributed by atoms with Crippen LogP contribution in [0, 0.1) is 5.82 Å². The molecule has 0 saturated heterocycles. The van der Waals surface area contributed by atoms with Gasteiger partial charge in [0.2, 0.25) is 0 Å². The Labute approximate surface area is 140 Å². The van der Waals surface area contributed by atoms with Gasteiger partial charge in [-0.25, -0.2) is 4.39 Å². The van der Waals surface area contributed by atoms with Crippen LogP contribution in [0.4, 0.5) is 10.2 Å². The van der Waals surface area contributed by atoms with E-state index in [4.69, 9.17) is 34.7 Å². The monoisotopic (exact) mass is 349 g/mol. The molecule has 0 atom stereocenters. The van der Waals surface area contributed by atoms with Crippen molar-refractivity contribution in [1.29, 1.82) is 0 Å². The Morgan fingerprint density at radius 2 is 1.57 bits per heavy atom. The van der Waals surface area contributed by atoms with Crippen LogP contribution in [0.25, 0.3) is 22.0 Å². The first kappa shape index (κ1) is 15.5. The largest absolute Gasteiger partial charge is 0.370 e. The highest BCUT2D eigenvalue weighted by atomic mass is 35.5. The number of aliphatic imine (C=N–C) groups is 1. The summed E-state index contributed by atoms with van der Waals surface area (Å²) in [6.07, 6.45) is 0. The highest BCUT2D eigenvalue weighted by Gasteiger charge is 2.14. The standard InChI is InChI=1S/C15H10Cl2FN5/c16-11-5-9-10(6-12(11)17)14(21-15(19)20)23-22-13(9)7-1-3-8(18)4-2-7/h1-6H,(H4,19,20,21,23). The van der Waals surface area contributed by atoms with Crippen LogP contribution >= 0.6 is 23.2 Å². The molecule has 0 radical (unpaired) electrons. The molecule has 0 aliphatic carbocycles. The van der Waals surface area contributed by atoms with Crippen LogP contribution < -0.4 is 11.5 Å². The van der Waals surface area contributed by atoms with Gasteiger partial charge in [0, 0.05) is 16.3 Å². The van der Waals surface area contributed by atoms with Crippen molar-refractivity contribution in [2.75, 3.05) is 0 Å². The third-order valence-electron chi connectivity index (χ3n) is 3.15. The number of aromatic nitrogens is 2. The summed E-state index contributed by atoms with van der Waals surface area (Å²) in [4.78, 5) is 3.94. The topological polar surface area (TPSA) is 90.2 Å². The number of halogens is 3. The average molecular weight is 350 g/mol. The Hall–Kier alpha value is -2.44. The van der Waals surface area contributed by atoms with Gasteiger partial charge in [0.1, 0.15) is 11.5 Å². The molecule has 4 N–H and O–H groups in total. The molecule has 5 nitrogen and oxygen atoms in total. The quantitative estimate of drug-likeness (QED) is 0.545. The van der Waals surface area contributed by atoms with E-state index in [0.29, 0.717) is 32.1 Å². The minimum Gasteiger partial charge on any atom is -0.370 e. The van der Waals surface area contributed by atoms with Crippen molar-refractivity contribution < 1.29 is 4.39 Å². The minimum atomic E-state index is -0.343. The van der Waals surface area contributed by atoms with Gasteiger partial charge in [0.25, 0.3) is 0 Å². The Kier molecular flexibility index (Phi) is 4.02. The maximum Gasteiger partial charge on any atom is 0.192 e. The second-order valence-electron chi connectivity index (χ2n) is 4.73. The van der Waals surface area contributed by atoms with E-state index < -0.39 is 0 Å². The molecular formula is C15H10Cl2FN5. The fourth-order valence-corrected chi connectivity index (χ4v) is 2.49. The molecule has 0 fully saturated rings. The first-order valence-electron chi connectivity index (χ1n) is 6.46. The van der Waals surface area contributed by atoms with Gasteiger partial charge in [-0.05, 0) is 36.4 Å². The van der Waals surface area contributed by atoms with E-state index in [1.807, 2.05) is 0 Å². The SMILES string of the molecule is NC(N)=Nc1nnc(-c2ccc(F)cc2)c2cc(Cl)c(Cl)cc12. The van der Waals surface area contributed by atoms with Crippen molar-refractivity contribution >= 4 is 45.8 Å². The Bertz CT molecular complexity index is 921. The molecule has 8 heteroatoms. The van der Waals surface area contributed by atoms with E-state index in [1.165, 1.54) is 12.1 Å².